The topological polar surface area (TPSA) is 69.1 Å². The lowest BCUT2D eigenvalue weighted by Crippen LogP contribution is -2.59. The quantitative estimate of drug-likeness (QED) is 0.366. The smallest absolute Gasteiger partial charge is 0.193 e. The fourth-order valence-corrected chi connectivity index (χ4v) is 4.28. The Morgan fingerprint density at radius 3 is 1.58 bits per heavy atom. The molecule has 0 saturated carbocycles. The van der Waals surface area contributed by atoms with Gasteiger partial charge in [-0.15, -0.1) is 0 Å². The molecule has 4 rings (SSSR count). The maximum absolute atomic E-state index is 12.8. The average molecular weight is 435 g/mol. The monoisotopic (exact) mass is 434 g/mol. The first kappa shape index (κ1) is 22.7. The molecule has 0 aliphatic rings. The highest BCUT2D eigenvalue weighted by atomic mass is 16.1. The van der Waals surface area contributed by atoms with Gasteiger partial charge in [-0.2, -0.15) is 0 Å². The lowest BCUT2D eigenvalue weighted by atomic mass is 9.77. The molecule has 0 aliphatic carbocycles. The van der Waals surface area contributed by atoms with E-state index in [1.807, 2.05) is 91.0 Å². The fraction of sp³-hybridized carbons (Fsp3) is 0.167. The van der Waals surface area contributed by atoms with Crippen molar-refractivity contribution in [1.82, 2.24) is 0 Å². The molecular formula is C30H30N2O. The van der Waals surface area contributed by atoms with Crippen molar-refractivity contribution in [2.45, 2.75) is 30.8 Å². The molecule has 0 saturated heterocycles. The van der Waals surface area contributed by atoms with E-state index in [1.54, 1.807) is 0 Å². The van der Waals surface area contributed by atoms with Gasteiger partial charge < -0.3 is 11.5 Å². The molecule has 4 N–H and O–H groups in total. The first-order valence-corrected chi connectivity index (χ1v) is 11.3. The second-order valence-corrected chi connectivity index (χ2v) is 8.76. The van der Waals surface area contributed by atoms with E-state index < -0.39 is 5.54 Å². The number of rotatable bonds is 9. The van der Waals surface area contributed by atoms with Crippen molar-refractivity contribution < 1.29 is 4.79 Å². The van der Waals surface area contributed by atoms with Gasteiger partial charge in [0.1, 0.15) is 0 Å². The van der Waals surface area contributed by atoms with Crippen LogP contribution in [0.1, 0.15) is 32.6 Å². The Kier molecular flexibility index (Phi) is 7.13. The molecule has 3 heteroatoms. The van der Waals surface area contributed by atoms with Gasteiger partial charge in [-0.1, -0.05) is 115 Å². The van der Waals surface area contributed by atoms with Crippen LogP contribution in [0.25, 0.3) is 0 Å². The standard InChI is InChI=1S/C30H30N2O/c31-28(20-23-10-4-1-5-11-23)30(32,21-24-12-6-2-7-13-24)22-25-16-18-27(19-17-25)29(33)26-14-8-3-9-15-26/h1-19,28H,20-22,31-32H2. The largest absolute Gasteiger partial charge is 0.326 e. The fourth-order valence-electron chi connectivity index (χ4n) is 4.28. The van der Waals surface area contributed by atoms with E-state index in [-0.39, 0.29) is 11.8 Å². The summed E-state index contributed by atoms with van der Waals surface area (Å²) in [4.78, 5) is 12.8. The third kappa shape index (κ3) is 5.83. The van der Waals surface area contributed by atoms with E-state index in [0.29, 0.717) is 30.4 Å². The molecular weight excluding hydrogens is 404 g/mol. The summed E-state index contributed by atoms with van der Waals surface area (Å²) in [6.45, 7) is 0. The summed E-state index contributed by atoms with van der Waals surface area (Å²) in [6, 6.07) is 37.4. The second kappa shape index (κ2) is 10.4. The van der Waals surface area contributed by atoms with Crippen LogP contribution in [0.4, 0.5) is 0 Å². The van der Waals surface area contributed by atoms with E-state index in [2.05, 4.69) is 24.3 Å². The van der Waals surface area contributed by atoms with Crippen LogP contribution in [0.2, 0.25) is 0 Å². The van der Waals surface area contributed by atoms with Gasteiger partial charge in [-0.25, -0.2) is 0 Å². The number of hydrogen-bond donors (Lipinski definition) is 2. The van der Waals surface area contributed by atoms with Gasteiger partial charge in [0.2, 0.25) is 0 Å². The summed E-state index contributed by atoms with van der Waals surface area (Å²) < 4.78 is 0. The molecule has 166 valence electrons. The first-order chi connectivity index (χ1) is 16.0. The molecule has 4 aromatic carbocycles. The molecule has 33 heavy (non-hydrogen) atoms. The lowest BCUT2D eigenvalue weighted by molar-refractivity contribution is 0.103. The number of nitrogens with two attached hydrogens (primary N) is 2. The molecule has 0 fully saturated rings. The van der Waals surface area contributed by atoms with E-state index in [0.717, 1.165) is 5.56 Å². The number of hydrogen-bond acceptors (Lipinski definition) is 3. The predicted molar refractivity (Wildman–Crippen MR) is 135 cm³/mol. The van der Waals surface area contributed by atoms with Crippen molar-refractivity contribution in [2.24, 2.45) is 11.5 Å². The summed E-state index contributed by atoms with van der Waals surface area (Å²) in [5.41, 5.74) is 17.9. The molecule has 2 unspecified atom stereocenters. The SMILES string of the molecule is NC(Cc1ccccc1)C(N)(Cc1ccccc1)Cc1ccc(C(=O)c2ccccc2)cc1. The maximum atomic E-state index is 12.8. The van der Waals surface area contributed by atoms with Crippen LogP contribution in [-0.2, 0) is 19.3 Å². The van der Waals surface area contributed by atoms with E-state index in [4.69, 9.17) is 11.5 Å². The molecule has 0 bridgehead atoms. The van der Waals surface area contributed by atoms with E-state index in [9.17, 15) is 4.79 Å². The van der Waals surface area contributed by atoms with Crippen LogP contribution in [-0.4, -0.2) is 17.4 Å². The highest BCUT2D eigenvalue weighted by molar-refractivity contribution is 6.08. The molecule has 0 aromatic heterocycles. The zero-order valence-corrected chi connectivity index (χ0v) is 18.7. The third-order valence-electron chi connectivity index (χ3n) is 6.20. The van der Waals surface area contributed by atoms with Crippen LogP contribution in [0.5, 0.6) is 0 Å². The van der Waals surface area contributed by atoms with Gasteiger partial charge in [0.05, 0.1) is 0 Å². The molecule has 0 aliphatic heterocycles. The Morgan fingerprint density at radius 2 is 1.03 bits per heavy atom. The molecule has 0 spiro atoms. The Balaban J connectivity index is 1.56. The van der Waals surface area contributed by atoms with Crippen LogP contribution >= 0.6 is 0 Å². The second-order valence-electron chi connectivity index (χ2n) is 8.76. The Labute approximate surface area is 196 Å². The minimum absolute atomic E-state index is 0.0197. The molecule has 3 nitrogen and oxygen atoms in total. The maximum Gasteiger partial charge on any atom is 0.193 e. The van der Waals surface area contributed by atoms with Crippen molar-refractivity contribution in [3.63, 3.8) is 0 Å². The Hall–Kier alpha value is -3.53. The molecule has 4 aromatic rings. The summed E-state index contributed by atoms with van der Waals surface area (Å²) in [6.07, 6.45) is 2.00. The highest BCUT2D eigenvalue weighted by Gasteiger charge is 2.33. The van der Waals surface area contributed by atoms with Gasteiger partial charge in [-0.3, -0.25) is 4.79 Å². The molecule has 2 atom stereocenters. The van der Waals surface area contributed by atoms with Crippen molar-refractivity contribution >= 4 is 5.78 Å². The third-order valence-corrected chi connectivity index (χ3v) is 6.20. The average Bonchev–Trinajstić information content (AvgIpc) is 2.86. The van der Waals surface area contributed by atoms with E-state index >= 15 is 0 Å². The summed E-state index contributed by atoms with van der Waals surface area (Å²) in [5, 5.41) is 0. The number of ketones is 1. The van der Waals surface area contributed by atoms with Gasteiger partial charge >= 0.3 is 0 Å². The van der Waals surface area contributed by atoms with Gasteiger partial charge in [-0.05, 0) is 36.0 Å². The van der Waals surface area contributed by atoms with Crippen molar-refractivity contribution in [3.8, 4) is 0 Å². The van der Waals surface area contributed by atoms with Crippen LogP contribution < -0.4 is 11.5 Å². The van der Waals surface area contributed by atoms with Crippen LogP contribution in [0.3, 0.4) is 0 Å². The Morgan fingerprint density at radius 1 is 0.606 bits per heavy atom. The zero-order chi connectivity index (χ0) is 23.1. The number of carbonyl (C=O) groups is 1. The highest BCUT2D eigenvalue weighted by Crippen LogP contribution is 2.23. The molecule has 0 radical (unpaired) electrons. The minimum atomic E-state index is -0.637. The summed E-state index contributed by atoms with van der Waals surface area (Å²) >= 11 is 0. The molecule has 0 amide bonds. The number of carbonyl (C=O) groups excluding carboxylic acids is 1. The normalized spacial score (nSPS) is 13.8. The van der Waals surface area contributed by atoms with E-state index in [1.165, 1.54) is 11.1 Å². The number of benzene rings is 4. The van der Waals surface area contributed by atoms with Crippen molar-refractivity contribution in [1.29, 1.82) is 0 Å². The van der Waals surface area contributed by atoms with Crippen LogP contribution in [0, 0.1) is 0 Å². The first-order valence-electron chi connectivity index (χ1n) is 11.3. The van der Waals surface area contributed by atoms with Gasteiger partial charge in [0.25, 0.3) is 0 Å². The lowest BCUT2D eigenvalue weighted by Gasteiger charge is -2.36. The molecule has 0 heterocycles. The zero-order valence-electron chi connectivity index (χ0n) is 18.7. The Bertz CT molecular complexity index is 1160. The van der Waals surface area contributed by atoms with Gasteiger partial charge in [0.15, 0.2) is 5.78 Å². The summed E-state index contributed by atoms with van der Waals surface area (Å²) in [7, 11) is 0. The minimum Gasteiger partial charge on any atom is -0.326 e. The van der Waals surface area contributed by atoms with Crippen molar-refractivity contribution in [3.05, 3.63) is 143 Å². The predicted octanol–water partition coefficient (Wildman–Crippen LogP) is 4.97. The van der Waals surface area contributed by atoms with Crippen molar-refractivity contribution in [2.75, 3.05) is 0 Å². The summed E-state index contributed by atoms with van der Waals surface area (Å²) in [5.74, 6) is 0.0197. The van der Waals surface area contributed by atoms with Crippen LogP contribution in [0.15, 0.2) is 115 Å². The van der Waals surface area contributed by atoms with Gasteiger partial charge in [0, 0.05) is 22.7 Å².